The van der Waals surface area contributed by atoms with Gasteiger partial charge in [0.1, 0.15) is 23.9 Å². The number of esters is 1. The molecule has 3 rings (SSSR count). The van der Waals surface area contributed by atoms with E-state index in [2.05, 4.69) is 0 Å². The Hall–Kier alpha value is -1.77. The molecule has 0 spiro atoms. The number of fused-ring (bicyclic) bond motifs is 1. The first-order valence-electron chi connectivity index (χ1n) is 8.70. The van der Waals surface area contributed by atoms with E-state index in [1.54, 1.807) is 4.90 Å². The summed E-state index contributed by atoms with van der Waals surface area (Å²) in [5, 5.41) is 41.3. The molecule has 2 aliphatic rings. The molecule has 7 heteroatoms. The zero-order chi connectivity index (χ0) is 18.9. The third-order valence-corrected chi connectivity index (χ3v) is 5.49. The van der Waals surface area contributed by atoms with Crippen LogP contribution in [0.2, 0.25) is 0 Å². The summed E-state index contributed by atoms with van der Waals surface area (Å²) in [5.41, 5.74) is -0.686. The molecule has 0 aromatic heterocycles. The van der Waals surface area contributed by atoms with Gasteiger partial charge in [-0.05, 0) is 12.0 Å². The summed E-state index contributed by atoms with van der Waals surface area (Å²) in [6.07, 6.45) is -0.402. The summed E-state index contributed by atoms with van der Waals surface area (Å²) in [7, 11) is 1.27. The predicted molar refractivity (Wildman–Crippen MR) is 94.0 cm³/mol. The van der Waals surface area contributed by atoms with Crippen LogP contribution in [0.15, 0.2) is 36.4 Å². The Morgan fingerprint density at radius 2 is 2.00 bits per heavy atom. The zero-order valence-corrected chi connectivity index (χ0v) is 14.6. The van der Waals surface area contributed by atoms with E-state index in [1.165, 1.54) is 7.11 Å². The Labute approximate surface area is 152 Å². The van der Waals surface area contributed by atoms with Crippen LogP contribution in [-0.2, 0) is 9.53 Å². The lowest BCUT2D eigenvalue weighted by Gasteiger charge is -2.45. The average Bonchev–Trinajstić information content (AvgIpc) is 2.94. The number of carbonyl (C=O) groups is 1. The van der Waals surface area contributed by atoms with Crippen molar-refractivity contribution in [2.45, 2.75) is 48.8 Å². The Bertz CT molecular complexity index is 665. The average molecular weight is 363 g/mol. The lowest BCUT2D eigenvalue weighted by molar-refractivity contribution is -0.196. The van der Waals surface area contributed by atoms with E-state index in [0.29, 0.717) is 6.54 Å². The van der Waals surface area contributed by atoms with Crippen LogP contribution >= 0.6 is 0 Å². The van der Waals surface area contributed by atoms with Crippen molar-refractivity contribution in [2.24, 2.45) is 0 Å². The molecule has 1 heterocycles. The van der Waals surface area contributed by atoms with Gasteiger partial charge in [0.25, 0.3) is 0 Å². The van der Waals surface area contributed by atoms with Crippen molar-refractivity contribution in [3.63, 3.8) is 0 Å². The minimum Gasteiger partial charge on any atom is -0.468 e. The molecular formula is C19H25NO6. The van der Waals surface area contributed by atoms with Gasteiger partial charge in [0.05, 0.1) is 13.2 Å². The highest BCUT2D eigenvalue weighted by Crippen LogP contribution is 2.43. The molecule has 0 bridgehead atoms. The fraction of sp³-hybridized carbons (Fsp3) is 0.526. The Morgan fingerprint density at radius 1 is 1.31 bits per heavy atom. The van der Waals surface area contributed by atoms with Crippen LogP contribution in [0.1, 0.15) is 18.4 Å². The Morgan fingerprint density at radius 3 is 2.65 bits per heavy atom. The van der Waals surface area contributed by atoms with E-state index in [9.17, 15) is 25.2 Å². The molecular weight excluding hydrogens is 338 g/mol. The summed E-state index contributed by atoms with van der Waals surface area (Å²) in [4.78, 5) is 13.9. The number of methoxy groups -OCH3 is 1. The second-order valence-electron chi connectivity index (χ2n) is 7.00. The van der Waals surface area contributed by atoms with Crippen molar-refractivity contribution in [1.82, 2.24) is 4.90 Å². The lowest BCUT2D eigenvalue weighted by atomic mass is 9.75. The number of likely N-dealkylation sites (tertiary alicyclic amines) is 1. The number of ether oxygens (including phenoxy) is 1. The number of rotatable bonds is 4. The molecule has 0 unspecified atom stereocenters. The van der Waals surface area contributed by atoms with Crippen molar-refractivity contribution >= 4 is 12.0 Å². The molecule has 0 radical (unpaired) electrons. The third kappa shape index (κ3) is 3.28. The normalized spacial score (nSPS) is 37.7. The summed E-state index contributed by atoms with van der Waals surface area (Å²) >= 11 is 0. The molecule has 1 aromatic carbocycles. The van der Waals surface area contributed by atoms with Gasteiger partial charge in [-0.25, -0.2) is 0 Å². The maximum Gasteiger partial charge on any atom is 0.323 e. The van der Waals surface area contributed by atoms with Crippen LogP contribution in [-0.4, -0.2) is 80.9 Å². The van der Waals surface area contributed by atoms with Gasteiger partial charge in [-0.2, -0.15) is 0 Å². The highest BCUT2D eigenvalue weighted by Gasteiger charge is 2.62. The van der Waals surface area contributed by atoms with Crippen molar-refractivity contribution in [3.8, 4) is 0 Å². The molecule has 7 nitrogen and oxygen atoms in total. The minimum absolute atomic E-state index is 0.0569. The van der Waals surface area contributed by atoms with Crippen LogP contribution in [0.5, 0.6) is 0 Å². The first-order chi connectivity index (χ1) is 12.4. The second-order valence-corrected chi connectivity index (χ2v) is 7.00. The van der Waals surface area contributed by atoms with Gasteiger partial charge in [-0.3, -0.25) is 9.69 Å². The van der Waals surface area contributed by atoms with Gasteiger partial charge in [0.15, 0.2) is 0 Å². The van der Waals surface area contributed by atoms with Crippen molar-refractivity contribution in [1.29, 1.82) is 0 Å². The Balaban J connectivity index is 1.84. The smallest absolute Gasteiger partial charge is 0.323 e. The van der Waals surface area contributed by atoms with Crippen molar-refractivity contribution in [3.05, 3.63) is 42.0 Å². The molecule has 6 atom stereocenters. The molecule has 4 N–H and O–H groups in total. The van der Waals surface area contributed by atoms with Gasteiger partial charge in [0, 0.05) is 19.0 Å². The first kappa shape index (κ1) is 19.0. The number of hydrogen-bond acceptors (Lipinski definition) is 7. The number of carbonyl (C=O) groups excluding carboxylic acids is 1. The molecule has 1 aromatic rings. The monoisotopic (exact) mass is 363 g/mol. The molecule has 26 heavy (non-hydrogen) atoms. The van der Waals surface area contributed by atoms with E-state index in [4.69, 9.17) is 4.74 Å². The highest BCUT2D eigenvalue weighted by atomic mass is 16.5. The van der Waals surface area contributed by atoms with Gasteiger partial charge in [-0.1, -0.05) is 42.5 Å². The second kappa shape index (κ2) is 7.46. The lowest BCUT2D eigenvalue weighted by Crippen LogP contribution is -2.64. The van der Waals surface area contributed by atoms with Crippen LogP contribution in [0.25, 0.3) is 6.08 Å². The van der Waals surface area contributed by atoms with Gasteiger partial charge < -0.3 is 25.2 Å². The molecule has 2 fully saturated rings. The maximum absolute atomic E-state index is 12.2. The molecule has 142 valence electrons. The first-order valence-corrected chi connectivity index (χ1v) is 8.70. The summed E-state index contributed by atoms with van der Waals surface area (Å²) in [6, 6.07) is 8.21. The molecule has 0 amide bonds. The predicted octanol–water partition coefficient (Wildman–Crippen LogP) is -0.467. The van der Waals surface area contributed by atoms with Crippen LogP contribution in [0.3, 0.4) is 0 Å². The zero-order valence-electron chi connectivity index (χ0n) is 14.6. The maximum atomic E-state index is 12.2. The number of aliphatic hydroxyl groups is 4. The Kier molecular flexibility index (Phi) is 5.45. The highest BCUT2D eigenvalue weighted by molar-refractivity contribution is 5.76. The van der Waals surface area contributed by atoms with E-state index >= 15 is 0 Å². The van der Waals surface area contributed by atoms with Crippen LogP contribution < -0.4 is 0 Å². The summed E-state index contributed by atoms with van der Waals surface area (Å²) in [5.74, 6) is -0.517. The van der Waals surface area contributed by atoms with Gasteiger partial charge in [-0.15, -0.1) is 0 Å². The summed E-state index contributed by atoms with van der Waals surface area (Å²) in [6.45, 7) is 0.331. The number of aliphatic hydroxyl groups excluding tert-OH is 3. The molecule has 1 aliphatic carbocycles. The van der Waals surface area contributed by atoms with Gasteiger partial charge >= 0.3 is 5.97 Å². The fourth-order valence-electron chi connectivity index (χ4n) is 4.08. The molecule has 1 aliphatic heterocycles. The topological polar surface area (TPSA) is 110 Å². The third-order valence-electron chi connectivity index (χ3n) is 5.49. The standard InChI is InChI=1S/C19H25NO6/c1-26-18(24)13-11-19(25)15(10-14(21)16(22)17(19)23)20(13)9-5-8-12-6-3-2-4-7-12/h2-8,13-17,21-23,25H,9-11H2,1H3/b8-5+/t13-,14-,15+,16-,17-,19-/m0/s1. The summed E-state index contributed by atoms with van der Waals surface area (Å²) < 4.78 is 4.85. The number of hydrogen-bond donors (Lipinski definition) is 4. The number of nitrogens with zero attached hydrogens (tertiary/aromatic N) is 1. The van der Waals surface area contributed by atoms with E-state index in [0.717, 1.165) is 5.56 Å². The quantitative estimate of drug-likeness (QED) is 0.536. The largest absolute Gasteiger partial charge is 0.468 e. The van der Waals surface area contributed by atoms with E-state index < -0.39 is 42.0 Å². The fourth-order valence-corrected chi connectivity index (χ4v) is 4.08. The van der Waals surface area contributed by atoms with E-state index in [-0.39, 0.29) is 12.8 Å². The van der Waals surface area contributed by atoms with Crippen molar-refractivity contribution < 1.29 is 30.0 Å². The minimum atomic E-state index is -1.68. The number of benzene rings is 1. The molecule has 1 saturated carbocycles. The van der Waals surface area contributed by atoms with E-state index in [1.807, 2.05) is 42.5 Å². The van der Waals surface area contributed by atoms with Gasteiger partial charge in [0.2, 0.25) is 0 Å². The van der Waals surface area contributed by atoms with Crippen molar-refractivity contribution in [2.75, 3.05) is 13.7 Å². The van der Waals surface area contributed by atoms with Crippen LogP contribution in [0.4, 0.5) is 0 Å². The SMILES string of the molecule is COC(=O)[C@@H]1C[C@@]2(O)[C@@H](O)[C@@H](O)[C@@H](O)C[C@H]2N1C/C=C/c1ccccc1. The van der Waals surface area contributed by atoms with Crippen LogP contribution in [0, 0.1) is 0 Å². The molecule has 1 saturated heterocycles.